The van der Waals surface area contributed by atoms with E-state index >= 15 is 0 Å². The van der Waals surface area contributed by atoms with E-state index in [9.17, 15) is 4.79 Å². The summed E-state index contributed by atoms with van der Waals surface area (Å²) in [4.78, 5) is 19.8. The van der Waals surface area contributed by atoms with Crippen LogP contribution in [0.25, 0.3) is 22.2 Å². The maximum absolute atomic E-state index is 12.3. The standard InChI is InChI=1S/C20H15N3O/c24-20(23-16-5-2-1-3-6-16)15-10-8-14(9-11-15)18-13-22-19-17(18)7-4-12-21-19/h1-13H,(H,21,22)(H,23,24). The van der Waals surface area contributed by atoms with E-state index in [1.165, 1.54) is 0 Å². The van der Waals surface area contributed by atoms with E-state index < -0.39 is 0 Å². The zero-order chi connectivity index (χ0) is 16.4. The lowest BCUT2D eigenvalue weighted by Crippen LogP contribution is -2.11. The van der Waals surface area contributed by atoms with Crippen molar-refractivity contribution in [1.82, 2.24) is 9.97 Å². The van der Waals surface area contributed by atoms with E-state index in [-0.39, 0.29) is 5.91 Å². The monoisotopic (exact) mass is 313 g/mol. The minimum absolute atomic E-state index is 0.117. The van der Waals surface area contributed by atoms with Crippen molar-refractivity contribution in [1.29, 1.82) is 0 Å². The van der Waals surface area contributed by atoms with Gasteiger partial charge in [-0.15, -0.1) is 0 Å². The van der Waals surface area contributed by atoms with Crippen molar-refractivity contribution in [3.8, 4) is 11.1 Å². The average molecular weight is 313 g/mol. The molecular formula is C20H15N3O. The Hall–Kier alpha value is -3.40. The average Bonchev–Trinajstić information content (AvgIpc) is 3.07. The van der Waals surface area contributed by atoms with E-state index in [0.29, 0.717) is 5.56 Å². The highest BCUT2D eigenvalue weighted by Crippen LogP contribution is 2.27. The zero-order valence-electron chi connectivity index (χ0n) is 12.9. The number of carbonyl (C=O) groups is 1. The minimum Gasteiger partial charge on any atom is -0.346 e. The number of carbonyl (C=O) groups excluding carboxylic acids is 1. The molecule has 1 amide bonds. The fourth-order valence-electron chi connectivity index (χ4n) is 2.72. The van der Waals surface area contributed by atoms with E-state index in [0.717, 1.165) is 27.8 Å². The summed E-state index contributed by atoms with van der Waals surface area (Å²) in [7, 11) is 0. The van der Waals surface area contributed by atoms with Gasteiger partial charge >= 0.3 is 0 Å². The van der Waals surface area contributed by atoms with Crippen LogP contribution >= 0.6 is 0 Å². The van der Waals surface area contributed by atoms with Gasteiger partial charge in [-0.25, -0.2) is 4.98 Å². The van der Waals surface area contributed by atoms with Crippen molar-refractivity contribution in [2.75, 3.05) is 5.32 Å². The smallest absolute Gasteiger partial charge is 0.255 e. The van der Waals surface area contributed by atoms with Gasteiger partial charge in [0.15, 0.2) is 0 Å². The molecule has 24 heavy (non-hydrogen) atoms. The quantitative estimate of drug-likeness (QED) is 0.586. The summed E-state index contributed by atoms with van der Waals surface area (Å²) in [6.45, 7) is 0. The largest absolute Gasteiger partial charge is 0.346 e. The second-order valence-corrected chi connectivity index (χ2v) is 5.50. The van der Waals surface area contributed by atoms with Crippen LogP contribution in [0.3, 0.4) is 0 Å². The van der Waals surface area contributed by atoms with Crippen LogP contribution in [0.5, 0.6) is 0 Å². The summed E-state index contributed by atoms with van der Waals surface area (Å²) in [5.74, 6) is -0.117. The molecule has 0 spiro atoms. The Morgan fingerprint density at radius 1 is 0.917 bits per heavy atom. The van der Waals surface area contributed by atoms with Gasteiger partial charge in [-0.05, 0) is 42.0 Å². The second kappa shape index (κ2) is 6.01. The normalized spacial score (nSPS) is 10.7. The highest BCUT2D eigenvalue weighted by molar-refractivity contribution is 6.04. The van der Waals surface area contributed by atoms with Gasteiger partial charge in [-0.3, -0.25) is 4.79 Å². The van der Waals surface area contributed by atoms with Gasteiger partial charge in [0.1, 0.15) is 5.65 Å². The van der Waals surface area contributed by atoms with E-state index in [1.54, 1.807) is 6.20 Å². The predicted octanol–water partition coefficient (Wildman–Crippen LogP) is 4.48. The summed E-state index contributed by atoms with van der Waals surface area (Å²) in [5.41, 5.74) is 4.40. The topological polar surface area (TPSA) is 57.8 Å². The lowest BCUT2D eigenvalue weighted by atomic mass is 10.0. The van der Waals surface area contributed by atoms with Crippen LogP contribution in [0.1, 0.15) is 10.4 Å². The van der Waals surface area contributed by atoms with Crippen LogP contribution in [-0.2, 0) is 0 Å². The number of hydrogen-bond acceptors (Lipinski definition) is 2. The number of amides is 1. The Morgan fingerprint density at radius 3 is 2.50 bits per heavy atom. The first-order valence-corrected chi connectivity index (χ1v) is 7.70. The van der Waals surface area contributed by atoms with Crippen LogP contribution < -0.4 is 5.32 Å². The molecule has 0 bridgehead atoms. The van der Waals surface area contributed by atoms with Crippen molar-refractivity contribution < 1.29 is 4.79 Å². The molecule has 0 aliphatic rings. The number of aromatic amines is 1. The third-order valence-electron chi connectivity index (χ3n) is 3.94. The second-order valence-electron chi connectivity index (χ2n) is 5.50. The highest BCUT2D eigenvalue weighted by atomic mass is 16.1. The van der Waals surface area contributed by atoms with E-state index in [4.69, 9.17) is 0 Å². The van der Waals surface area contributed by atoms with E-state index in [2.05, 4.69) is 15.3 Å². The molecule has 4 aromatic rings. The predicted molar refractivity (Wildman–Crippen MR) is 95.9 cm³/mol. The van der Waals surface area contributed by atoms with Gasteiger partial charge in [-0.2, -0.15) is 0 Å². The number of hydrogen-bond donors (Lipinski definition) is 2. The first-order valence-electron chi connectivity index (χ1n) is 7.70. The van der Waals surface area contributed by atoms with Crippen LogP contribution in [0.4, 0.5) is 5.69 Å². The van der Waals surface area contributed by atoms with Crippen LogP contribution in [0, 0.1) is 0 Å². The van der Waals surface area contributed by atoms with Gasteiger partial charge in [0.2, 0.25) is 0 Å². The summed E-state index contributed by atoms with van der Waals surface area (Å²) in [6, 6.07) is 21.0. The van der Waals surface area contributed by atoms with Gasteiger partial charge in [0.05, 0.1) is 0 Å². The molecule has 0 radical (unpaired) electrons. The van der Waals surface area contributed by atoms with Crippen molar-refractivity contribution in [2.45, 2.75) is 0 Å². The molecule has 0 aliphatic heterocycles. The molecule has 0 fully saturated rings. The third kappa shape index (κ3) is 2.65. The number of para-hydroxylation sites is 1. The number of anilines is 1. The first-order chi connectivity index (χ1) is 11.8. The van der Waals surface area contributed by atoms with Crippen LogP contribution in [0.15, 0.2) is 79.1 Å². The summed E-state index contributed by atoms with van der Waals surface area (Å²) in [5, 5.41) is 3.96. The molecule has 2 aromatic heterocycles. The van der Waals surface area contributed by atoms with Crippen molar-refractivity contribution in [3.63, 3.8) is 0 Å². The number of aromatic nitrogens is 2. The molecule has 4 nitrogen and oxygen atoms in total. The molecule has 0 saturated heterocycles. The SMILES string of the molecule is O=C(Nc1ccccc1)c1ccc(-c2c[nH]c3ncccc23)cc1. The van der Waals surface area contributed by atoms with Crippen molar-refractivity contribution in [2.24, 2.45) is 0 Å². The molecule has 4 rings (SSSR count). The lowest BCUT2D eigenvalue weighted by Gasteiger charge is -2.06. The fourth-order valence-corrected chi connectivity index (χ4v) is 2.72. The summed E-state index contributed by atoms with van der Waals surface area (Å²) in [6.07, 6.45) is 3.70. The Labute approximate surface area is 139 Å². The van der Waals surface area contributed by atoms with Crippen molar-refractivity contribution >= 4 is 22.6 Å². The number of nitrogens with one attached hydrogen (secondary N) is 2. The molecule has 2 N–H and O–H groups in total. The van der Waals surface area contributed by atoms with Crippen LogP contribution in [-0.4, -0.2) is 15.9 Å². The minimum atomic E-state index is -0.117. The van der Waals surface area contributed by atoms with Crippen LogP contribution in [0.2, 0.25) is 0 Å². The molecule has 116 valence electrons. The number of rotatable bonds is 3. The molecule has 0 unspecified atom stereocenters. The number of benzene rings is 2. The molecule has 0 aliphatic carbocycles. The highest BCUT2D eigenvalue weighted by Gasteiger charge is 2.09. The van der Waals surface area contributed by atoms with Gasteiger partial charge in [0, 0.05) is 34.6 Å². The Bertz CT molecular complexity index is 988. The van der Waals surface area contributed by atoms with Gasteiger partial charge in [0.25, 0.3) is 5.91 Å². The lowest BCUT2D eigenvalue weighted by molar-refractivity contribution is 0.102. The van der Waals surface area contributed by atoms with E-state index in [1.807, 2.05) is 72.9 Å². The number of pyridine rings is 1. The zero-order valence-corrected chi connectivity index (χ0v) is 12.9. The maximum atomic E-state index is 12.3. The maximum Gasteiger partial charge on any atom is 0.255 e. The van der Waals surface area contributed by atoms with Gasteiger partial charge in [-0.1, -0.05) is 30.3 Å². The number of fused-ring (bicyclic) bond motifs is 1. The number of nitrogens with zero attached hydrogens (tertiary/aromatic N) is 1. The first kappa shape index (κ1) is 14.2. The molecule has 2 aromatic carbocycles. The molecular weight excluding hydrogens is 298 g/mol. The Balaban J connectivity index is 1.60. The Morgan fingerprint density at radius 2 is 1.71 bits per heavy atom. The van der Waals surface area contributed by atoms with Gasteiger partial charge < -0.3 is 10.3 Å². The summed E-state index contributed by atoms with van der Waals surface area (Å²) < 4.78 is 0. The molecule has 4 heteroatoms. The van der Waals surface area contributed by atoms with Crippen molar-refractivity contribution in [3.05, 3.63) is 84.7 Å². The number of H-pyrrole nitrogens is 1. The molecule has 0 saturated carbocycles. The third-order valence-corrected chi connectivity index (χ3v) is 3.94. The molecule has 0 atom stereocenters. The Kier molecular flexibility index (Phi) is 3.56. The fraction of sp³-hybridized carbons (Fsp3) is 0. The molecule has 2 heterocycles. The summed E-state index contributed by atoms with van der Waals surface area (Å²) >= 11 is 0.